The van der Waals surface area contributed by atoms with Gasteiger partial charge in [0.15, 0.2) is 0 Å². The molecule has 0 aliphatic heterocycles. The molecule has 186 valence electrons. The molecule has 8 aromatic rings. The van der Waals surface area contributed by atoms with Crippen LogP contribution in [0.3, 0.4) is 0 Å². The molecule has 7 heteroatoms. The van der Waals surface area contributed by atoms with Gasteiger partial charge in [0.05, 0.1) is 16.7 Å². The zero-order valence-electron chi connectivity index (χ0n) is 20.4. The largest absolute Gasteiger partial charge is 0.361 e. The first kappa shape index (κ1) is 22.8. The van der Waals surface area contributed by atoms with Crippen LogP contribution in [-0.2, 0) is 0 Å². The number of benzene rings is 5. The second-order valence-corrected chi connectivity index (χ2v) is 11.5. The SMILES string of the molecule is Brc1ccc2[nH]cc(C=Nc3ccc4c5ccccc5c5nc(-c6c[nH]c7ccc(Br)cc67)[nH]c5c4c3)c2c1. The van der Waals surface area contributed by atoms with Crippen molar-refractivity contribution in [3.8, 4) is 11.4 Å². The third-order valence-electron chi connectivity index (χ3n) is 7.38. The maximum atomic E-state index is 5.13. The van der Waals surface area contributed by atoms with Crippen molar-refractivity contribution < 1.29 is 0 Å². The van der Waals surface area contributed by atoms with Crippen LogP contribution in [0, 0.1) is 0 Å². The van der Waals surface area contributed by atoms with E-state index in [1.165, 1.54) is 10.8 Å². The van der Waals surface area contributed by atoms with Crippen LogP contribution in [0.25, 0.3) is 65.8 Å². The summed E-state index contributed by atoms with van der Waals surface area (Å²) >= 11 is 7.19. The minimum absolute atomic E-state index is 0.838. The Balaban J connectivity index is 1.33. The molecule has 0 amide bonds. The molecule has 5 nitrogen and oxygen atoms in total. The highest BCUT2D eigenvalue weighted by Gasteiger charge is 2.16. The van der Waals surface area contributed by atoms with Gasteiger partial charge >= 0.3 is 0 Å². The van der Waals surface area contributed by atoms with Crippen LogP contribution in [0.4, 0.5) is 5.69 Å². The summed E-state index contributed by atoms with van der Waals surface area (Å²) in [5.41, 5.74) is 7.10. The average molecular weight is 633 g/mol. The Kier molecular flexibility index (Phi) is 5.05. The van der Waals surface area contributed by atoms with Crippen LogP contribution in [0.2, 0.25) is 0 Å². The van der Waals surface area contributed by atoms with Crippen molar-refractivity contribution in [2.75, 3.05) is 0 Å². The van der Waals surface area contributed by atoms with Crippen molar-refractivity contribution in [2.45, 2.75) is 0 Å². The summed E-state index contributed by atoms with van der Waals surface area (Å²) in [5.74, 6) is 0.838. The van der Waals surface area contributed by atoms with Crippen molar-refractivity contribution in [3.63, 3.8) is 0 Å². The molecule has 0 bridgehead atoms. The molecular formula is C32H19Br2N5. The Bertz CT molecular complexity index is 2270. The summed E-state index contributed by atoms with van der Waals surface area (Å²) < 4.78 is 2.08. The lowest BCUT2D eigenvalue weighted by Crippen LogP contribution is -1.83. The van der Waals surface area contributed by atoms with Crippen LogP contribution in [0.1, 0.15) is 5.56 Å². The zero-order valence-corrected chi connectivity index (χ0v) is 23.6. The number of hydrogen-bond acceptors (Lipinski definition) is 2. The van der Waals surface area contributed by atoms with Gasteiger partial charge in [0.1, 0.15) is 5.82 Å². The Morgan fingerprint density at radius 3 is 2.23 bits per heavy atom. The van der Waals surface area contributed by atoms with Crippen molar-refractivity contribution in [1.29, 1.82) is 0 Å². The number of nitrogens with zero attached hydrogens (tertiary/aromatic N) is 2. The predicted octanol–water partition coefficient (Wildman–Crippen LogP) is 9.77. The molecule has 3 heterocycles. The summed E-state index contributed by atoms with van der Waals surface area (Å²) in [4.78, 5) is 20.4. The lowest BCUT2D eigenvalue weighted by atomic mass is 9.99. The first-order valence-electron chi connectivity index (χ1n) is 12.5. The van der Waals surface area contributed by atoms with Gasteiger partial charge in [-0.2, -0.15) is 0 Å². The number of aliphatic imine (C=N–C) groups is 1. The van der Waals surface area contributed by atoms with Gasteiger partial charge in [0, 0.05) is 71.3 Å². The Morgan fingerprint density at radius 2 is 1.38 bits per heavy atom. The smallest absolute Gasteiger partial charge is 0.140 e. The fourth-order valence-corrected chi connectivity index (χ4v) is 6.25. The van der Waals surface area contributed by atoms with Crippen LogP contribution in [0.15, 0.2) is 105 Å². The summed E-state index contributed by atoms with van der Waals surface area (Å²) in [5, 5.41) is 6.82. The molecule has 8 rings (SSSR count). The normalized spacial score (nSPS) is 12.3. The van der Waals surface area contributed by atoms with Gasteiger partial charge in [-0.1, -0.05) is 62.2 Å². The van der Waals surface area contributed by atoms with Crippen molar-refractivity contribution >= 4 is 98.1 Å². The number of aromatic nitrogens is 4. The van der Waals surface area contributed by atoms with Crippen molar-refractivity contribution in [2.24, 2.45) is 4.99 Å². The topological polar surface area (TPSA) is 72.6 Å². The molecular weight excluding hydrogens is 614 g/mol. The van der Waals surface area contributed by atoms with E-state index in [-0.39, 0.29) is 0 Å². The van der Waals surface area contributed by atoms with E-state index in [2.05, 4.69) is 114 Å². The van der Waals surface area contributed by atoms with Crippen LogP contribution >= 0.6 is 31.9 Å². The van der Waals surface area contributed by atoms with Gasteiger partial charge in [-0.05, 0) is 59.3 Å². The van der Waals surface area contributed by atoms with Gasteiger partial charge in [0.25, 0.3) is 0 Å². The zero-order chi connectivity index (χ0) is 26.1. The standard InChI is InChI=1S/C32H19Br2N5/c33-18-5-9-28-24(11-18)17(15-36-28)14-35-20-7-8-22-21-3-1-2-4-23(21)30-31(26(22)13-20)39-32(38-30)27-16-37-29-10-6-19(34)12-25(27)29/h1-16,36-37H,(H,38,39). The third kappa shape index (κ3) is 3.65. The fraction of sp³-hybridized carbons (Fsp3) is 0. The van der Waals surface area contributed by atoms with E-state index in [1.807, 2.05) is 30.7 Å². The molecule has 5 aromatic carbocycles. The van der Waals surface area contributed by atoms with Crippen LogP contribution in [-0.4, -0.2) is 26.2 Å². The summed E-state index contributed by atoms with van der Waals surface area (Å²) in [6.45, 7) is 0. The number of hydrogen-bond donors (Lipinski definition) is 3. The molecule has 0 saturated carbocycles. The van der Waals surface area contributed by atoms with E-state index in [0.717, 1.165) is 75.2 Å². The van der Waals surface area contributed by atoms with E-state index in [0.29, 0.717) is 0 Å². The highest BCUT2D eigenvalue weighted by molar-refractivity contribution is 9.10. The Labute approximate surface area is 239 Å². The molecule has 0 atom stereocenters. The lowest BCUT2D eigenvalue weighted by molar-refractivity contribution is 1.34. The molecule has 3 aromatic heterocycles. The Morgan fingerprint density at radius 1 is 0.667 bits per heavy atom. The minimum Gasteiger partial charge on any atom is -0.361 e. The number of H-pyrrole nitrogens is 3. The summed E-state index contributed by atoms with van der Waals surface area (Å²) in [6, 6.07) is 27.3. The van der Waals surface area contributed by atoms with Crippen LogP contribution in [0.5, 0.6) is 0 Å². The van der Waals surface area contributed by atoms with E-state index >= 15 is 0 Å². The second kappa shape index (κ2) is 8.66. The number of halogens is 2. The third-order valence-corrected chi connectivity index (χ3v) is 8.36. The van der Waals surface area contributed by atoms with E-state index < -0.39 is 0 Å². The van der Waals surface area contributed by atoms with Gasteiger partial charge < -0.3 is 15.0 Å². The molecule has 0 fully saturated rings. The van der Waals surface area contributed by atoms with Crippen LogP contribution < -0.4 is 0 Å². The van der Waals surface area contributed by atoms with E-state index in [4.69, 9.17) is 9.98 Å². The molecule has 0 saturated heterocycles. The van der Waals surface area contributed by atoms with Gasteiger partial charge in [0.2, 0.25) is 0 Å². The number of fused-ring (bicyclic) bond motifs is 8. The first-order chi connectivity index (χ1) is 19.1. The molecule has 39 heavy (non-hydrogen) atoms. The van der Waals surface area contributed by atoms with Crippen molar-refractivity contribution in [3.05, 3.63) is 106 Å². The molecule has 0 unspecified atom stereocenters. The monoisotopic (exact) mass is 631 g/mol. The van der Waals surface area contributed by atoms with Gasteiger partial charge in [-0.3, -0.25) is 4.99 Å². The molecule has 0 radical (unpaired) electrons. The van der Waals surface area contributed by atoms with E-state index in [1.54, 1.807) is 0 Å². The van der Waals surface area contributed by atoms with Crippen molar-refractivity contribution in [1.82, 2.24) is 19.9 Å². The van der Waals surface area contributed by atoms with Gasteiger partial charge in [-0.25, -0.2) is 4.98 Å². The first-order valence-corrected chi connectivity index (χ1v) is 14.1. The maximum absolute atomic E-state index is 5.13. The number of rotatable bonds is 3. The van der Waals surface area contributed by atoms with Gasteiger partial charge in [-0.15, -0.1) is 0 Å². The molecule has 3 N–H and O–H groups in total. The lowest BCUT2D eigenvalue weighted by Gasteiger charge is -2.07. The number of aromatic amines is 3. The highest BCUT2D eigenvalue weighted by atomic mass is 79.9. The molecule has 0 aliphatic rings. The second-order valence-electron chi connectivity index (χ2n) is 9.67. The Hall–Kier alpha value is -4.20. The highest BCUT2D eigenvalue weighted by Crippen LogP contribution is 2.38. The quantitative estimate of drug-likeness (QED) is 0.132. The predicted molar refractivity (Wildman–Crippen MR) is 169 cm³/mol. The average Bonchev–Trinajstić information content (AvgIpc) is 3.68. The summed E-state index contributed by atoms with van der Waals surface area (Å²) in [6.07, 6.45) is 5.94. The number of imidazole rings is 1. The maximum Gasteiger partial charge on any atom is 0.140 e. The number of nitrogens with one attached hydrogen (secondary N) is 3. The van der Waals surface area contributed by atoms with E-state index in [9.17, 15) is 0 Å². The minimum atomic E-state index is 0.838. The fourth-order valence-electron chi connectivity index (χ4n) is 5.52. The summed E-state index contributed by atoms with van der Waals surface area (Å²) in [7, 11) is 0. The molecule has 0 aliphatic carbocycles. The molecule has 0 spiro atoms.